The molecule has 20 heavy (non-hydrogen) atoms. The summed E-state index contributed by atoms with van der Waals surface area (Å²) in [5.74, 6) is 1.57. The number of rotatable bonds is 2. The van der Waals surface area contributed by atoms with Crippen molar-refractivity contribution in [3.05, 3.63) is 41.5 Å². The molecule has 3 heteroatoms. The van der Waals surface area contributed by atoms with Gasteiger partial charge in [-0.05, 0) is 60.8 Å². The van der Waals surface area contributed by atoms with E-state index in [1.807, 2.05) is 12.1 Å². The Labute approximate surface area is 119 Å². The fourth-order valence-electron chi connectivity index (χ4n) is 4.15. The summed E-state index contributed by atoms with van der Waals surface area (Å²) in [6.45, 7) is 0. The minimum absolute atomic E-state index is 0.182. The topological polar surface area (TPSA) is 55.1 Å². The molecule has 4 atom stereocenters. The van der Waals surface area contributed by atoms with Gasteiger partial charge in [0.05, 0.1) is 6.04 Å². The lowest BCUT2D eigenvalue weighted by Crippen LogP contribution is -2.34. The van der Waals surface area contributed by atoms with E-state index in [0.29, 0.717) is 11.8 Å². The van der Waals surface area contributed by atoms with E-state index in [0.717, 1.165) is 24.9 Å². The van der Waals surface area contributed by atoms with Gasteiger partial charge in [0.1, 0.15) is 0 Å². The van der Waals surface area contributed by atoms with Crippen LogP contribution in [0.1, 0.15) is 36.4 Å². The van der Waals surface area contributed by atoms with Crippen molar-refractivity contribution in [1.29, 1.82) is 0 Å². The van der Waals surface area contributed by atoms with E-state index in [2.05, 4.69) is 23.5 Å². The first-order valence-electron chi connectivity index (χ1n) is 7.57. The Morgan fingerprint density at radius 3 is 2.90 bits per heavy atom. The zero-order valence-corrected chi connectivity index (χ0v) is 11.5. The minimum Gasteiger partial charge on any atom is -0.399 e. The van der Waals surface area contributed by atoms with Gasteiger partial charge in [-0.3, -0.25) is 4.79 Å². The third kappa shape index (κ3) is 1.84. The molecule has 1 aromatic rings. The van der Waals surface area contributed by atoms with E-state index < -0.39 is 0 Å². The van der Waals surface area contributed by atoms with Crippen molar-refractivity contribution in [3.63, 3.8) is 0 Å². The highest BCUT2D eigenvalue weighted by Gasteiger charge is 2.40. The molecule has 3 aliphatic carbocycles. The number of benzene rings is 1. The van der Waals surface area contributed by atoms with Crippen LogP contribution in [-0.2, 0) is 11.2 Å². The molecule has 3 aliphatic rings. The van der Waals surface area contributed by atoms with Gasteiger partial charge in [0.2, 0.25) is 5.91 Å². The maximum atomic E-state index is 12.5. The molecule has 4 rings (SSSR count). The van der Waals surface area contributed by atoms with Crippen LogP contribution in [0, 0.1) is 17.8 Å². The van der Waals surface area contributed by atoms with Crippen molar-refractivity contribution in [2.24, 2.45) is 17.8 Å². The van der Waals surface area contributed by atoms with E-state index >= 15 is 0 Å². The number of hydrogen-bond acceptors (Lipinski definition) is 2. The Morgan fingerprint density at radius 2 is 2.15 bits per heavy atom. The van der Waals surface area contributed by atoms with Gasteiger partial charge in [-0.25, -0.2) is 0 Å². The predicted molar refractivity (Wildman–Crippen MR) is 78.9 cm³/mol. The van der Waals surface area contributed by atoms with Crippen LogP contribution in [0.25, 0.3) is 0 Å². The van der Waals surface area contributed by atoms with Crippen LogP contribution < -0.4 is 11.1 Å². The molecular weight excluding hydrogens is 248 g/mol. The van der Waals surface area contributed by atoms with E-state index in [9.17, 15) is 4.79 Å². The number of aryl methyl sites for hydroxylation is 1. The summed E-state index contributed by atoms with van der Waals surface area (Å²) >= 11 is 0. The number of hydrogen-bond donors (Lipinski definition) is 2. The van der Waals surface area contributed by atoms with Gasteiger partial charge in [-0.1, -0.05) is 18.2 Å². The molecule has 0 spiro atoms. The largest absolute Gasteiger partial charge is 0.399 e. The van der Waals surface area contributed by atoms with E-state index in [1.165, 1.54) is 17.5 Å². The van der Waals surface area contributed by atoms with Crippen LogP contribution in [0.4, 0.5) is 5.69 Å². The van der Waals surface area contributed by atoms with Crippen LogP contribution in [0.15, 0.2) is 30.4 Å². The SMILES string of the molecule is Nc1ccc2c(c1)CCC2NC(=O)C1CC2C=CC1C2. The number of carbonyl (C=O) groups is 1. The molecule has 1 amide bonds. The van der Waals surface area contributed by atoms with Gasteiger partial charge in [-0.15, -0.1) is 0 Å². The predicted octanol–water partition coefficient (Wildman–Crippen LogP) is 2.58. The number of nitrogens with one attached hydrogen (secondary N) is 1. The highest BCUT2D eigenvalue weighted by Crippen LogP contribution is 2.44. The number of nitrogen functional groups attached to an aromatic ring is 1. The molecular formula is C17H20N2O. The van der Waals surface area contributed by atoms with Crippen molar-refractivity contribution in [1.82, 2.24) is 5.32 Å². The van der Waals surface area contributed by atoms with Crippen molar-refractivity contribution >= 4 is 11.6 Å². The second kappa shape index (κ2) is 4.37. The standard InChI is InChI=1S/C17H20N2O/c18-13-4-5-14-12(9-13)3-6-16(14)19-17(20)15-8-10-1-2-11(15)7-10/h1-2,4-5,9-11,15-16H,3,6-8,18H2,(H,19,20). The Hall–Kier alpha value is -1.77. The fourth-order valence-corrected chi connectivity index (χ4v) is 4.15. The minimum atomic E-state index is 0.182. The molecule has 1 aromatic carbocycles. The maximum Gasteiger partial charge on any atom is 0.224 e. The number of anilines is 1. The van der Waals surface area contributed by atoms with Gasteiger partial charge < -0.3 is 11.1 Å². The summed E-state index contributed by atoms with van der Waals surface area (Å²) in [6, 6.07) is 6.23. The summed E-state index contributed by atoms with van der Waals surface area (Å²) in [6.07, 6.45) is 8.75. The van der Waals surface area contributed by atoms with Crippen LogP contribution in [0.2, 0.25) is 0 Å². The van der Waals surface area contributed by atoms with Gasteiger partial charge >= 0.3 is 0 Å². The number of carbonyl (C=O) groups excluding carboxylic acids is 1. The number of allylic oxidation sites excluding steroid dienone is 2. The Balaban J connectivity index is 1.48. The van der Waals surface area contributed by atoms with E-state index in [1.54, 1.807) is 0 Å². The molecule has 0 heterocycles. The summed E-state index contributed by atoms with van der Waals surface area (Å²) in [4.78, 5) is 12.5. The Kier molecular flexibility index (Phi) is 2.62. The normalized spacial score (nSPS) is 33.4. The van der Waals surface area contributed by atoms with Crippen LogP contribution in [-0.4, -0.2) is 5.91 Å². The smallest absolute Gasteiger partial charge is 0.224 e. The molecule has 3 N–H and O–H groups in total. The third-order valence-electron chi connectivity index (χ3n) is 5.18. The average Bonchev–Trinajstić information content (AvgIpc) is 3.13. The molecule has 104 valence electrons. The summed E-state index contributed by atoms with van der Waals surface area (Å²) in [7, 11) is 0. The van der Waals surface area contributed by atoms with Crippen LogP contribution in [0.3, 0.4) is 0 Å². The average molecular weight is 268 g/mol. The van der Waals surface area contributed by atoms with Crippen LogP contribution in [0.5, 0.6) is 0 Å². The lowest BCUT2D eigenvalue weighted by atomic mass is 9.92. The first-order valence-corrected chi connectivity index (χ1v) is 7.57. The first kappa shape index (κ1) is 12.0. The van der Waals surface area contributed by atoms with E-state index in [4.69, 9.17) is 5.73 Å². The lowest BCUT2D eigenvalue weighted by Gasteiger charge is -2.21. The second-order valence-electron chi connectivity index (χ2n) is 6.44. The molecule has 1 fully saturated rings. The molecule has 1 saturated carbocycles. The molecule has 3 nitrogen and oxygen atoms in total. The van der Waals surface area contributed by atoms with Crippen molar-refractivity contribution < 1.29 is 4.79 Å². The van der Waals surface area contributed by atoms with E-state index in [-0.39, 0.29) is 17.9 Å². The maximum absolute atomic E-state index is 12.5. The van der Waals surface area contributed by atoms with Crippen LogP contribution >= 0.6 is 0 Å². The second-order valence-corrected chi connectivity index (χ2v) is 6.44. The van der Waals surface area contributed by atoms with Gasteiger partial charge in [0.25, 0.3) is 0 Å². The first-order chi connectivity index (χ1) is 9.70. The quantitative estimate of drug-likeness (QED) is 0.640. The summed E-state index contributed by atoms with van der Waals surface area (Å²) in [5, 5.41) is 3.27. The number of nitrogens with two attached hydrogens (primary N) is 1. The van der Waals surface area contributed by atoms with Crippen molar-refractivity contribution in [2.45, 2.75) is 31.7 Å². The monoisotopic (exact) mass is 268 g/mol. The Morgan fingerprint density at radius 1 is 1.25 bits per heavy atom. The molecule has 2 bridgehead atoms. The van der Waals surface area contributed by atoms with Gasteiger partial charge in [0, 0.05) is 11.6 Å². The highest BCUT2D eigenvalue weighted by molar-refractivity contribution is 5.80. The number of fused-ring (bicyclic) bond motifs is 3. The lowest BCUT2D eigenvalue weighted by molar-refractivity contribution is -0.126. The molecule has 0 radical (unpaired) electrons. The summed E-state index contributed by atoms with van der Waals surface area (Å²) in [5.41, 5.74) is 9.19. The molecule has 0 aromatic heterocycles. The Bertz CT molecular complexity index is 593. The number of amides is 1. The zero-order valence-electron chi connectivity index (χ0n) is 11.5. The fraction of sp³-hybridized carbons (Fsp3) is 0.471. The van der Waals surface area contributed by atoms with Gasteiger partial charge in [0.15, 0.2) is 0 Å². The zero-order chi connectivity index (χ0) is 13.7. The molecule has 4 unspecified atom stereocenters. The van der Waals surface area contributed by atoms with Crippen molar-refractivity contribution in [2.75, 3.05) is 5.73 Å². The molecule has 0 aliphatic heterocycles. The molecule has 0 saturated heterocycles. The van der Waals surface area contributed by atoms with Gasteiger partial charge in [-0.2, -0.15) is 0 Å². The third-order valence-corrected chi connectivity index (χ3v) is 5.18. The van der Waals surface area contributed by atoms with Crippen molar-refractivity contribution in [3.8, 4) is 0 Å². The summed E-state index contributed by atoms with van der Waals surface area (Å²) < 4.78 is 0. The highest BCUT2D eigenvalue weighted by atomic mass is 16.2.